The molecule has 21 heavy (non-hydrogen) atoms. The molecule has 0 bridgehead atoms. The van der Waals surface area contributed by atoms with Crippen LogP contribution in [0.2, 0.25) is 0 Å². The molecule has 0 spiro atoms. The van der Waals surface area contributed by atoms with E-state index in [2.05, 4.69) is 37.1 Å². The Bertz CT molecular complexity index is 564. The number of ether oxygens (including phenoxy) is 1. The maximum Gasteiger partial charge on any atom is 0.219 e. The highest BCUT2D eigenvalue weighted by Crippen LogP contribution is 2.21. The van der Waals surface area contributed by atoms with Crippen LogP contribution in [0.25, 0.3) is 0 Å². The van der Waals surface area contributed by atoms with Gasteiger partial charge in [-0.3, -0.25) is 0 Å². The zero-order valence-electron chi connectivity index (χ0n) is 13.1. The Morgan fingerprint density at radius 1 is 1.10 bits per heavy atom. The van der Waals surface area contributed by atoms with E-state index in [4.69, 9.17) is 4.74 Å². The van der Waals surface area contributed by atoms with E-state index in [1.165, 1.54) is 11.1 Å². The minimum absolute atomic E-state index is 0.673. The Morgan fingerprint density at radius 3 is 2.52 bits per heavy atom. The predicted octanol–water partition coefficient (Wildman–Crippen LogP) is 4.24. The van der Waals surface area contributed by atoms with Crippen molar-refractivity contribution in [3.63, 3.8) is 0 Å². The molecule has 1 N–H and O–H groups in total. The lowest BCUT2D eigenvalue weighted by molar-refractivity contribution is 0.459. The predicted molar refractivity (Wildman–Crippen MR) is 86.9 cm³/mol. The molecular weight excluding hydrogens is 260 g/mol. The number of benzene rings is 1. The van der Waals surface area contributed by atoms with E-state index in [-0.39, 0.29) is 0 Å². The van der Waals surface area contributed by atoms with Gasteiger partial charge in [0.1, 0.15) is 5.75 Å². The van der Waals surface area contributed by atoms with E-state index in [1.807, 2.05) is 30.3 Å². The number of nitrogens with one attached hydrogen (secondary N) is 1. The van der Waals surface area contributed by atoms with Gasteiger partial charge < -0.3 is 10.1 Å². The lowest BCUT2D eigenvalue weighted by Crippen LogP contribution is -2.14. The highest BCUT2D eigenvalue weighted by Gasteiger charge is 2.04. The number of hydrogen-bond donors (Lipinski definition) is 1. The summed E-state index contributed by atoms with van der Waals surface area (Å²) in [6.07, 6.45) is 2.05. The van der Waals surface area contributed by atoms with E-state index in [0.717, 1.165) is 37.4 Å². The molecule has 0 unspecified atom stereocenters. The van der Waals surface area contributed by atoms with Crippen LogP contribution in [0.15, 0.2) is 36.4 Å². The zero-order chi connectivity index (χ0) is 15.1. The molecule has 0 aliphatic heterocycles. The molecule has 112 valence electrons. The molecule has 0 radical (unpaired) electrons. The molecule has 1 heterocycles. The summed E-state index contributed by atoms with van der Waals surface area (Å²) >= 11 is 0. The van der Waals surface area contributed by atoms with E-state index in [1.54, 1.807) is 0 Å². The van der Waals surface area contributed by atoms with Crippen molar-refractivity contribution in [1.82, 2.24) is 10.3 Å². The zero-order valence-corrected chi connectivity index (χ0v) is 13.1. The third-order valence-corrected chi connectivity index (χ3v) is 3.28. The van der Waals surface area contributed by atoms with Crippen molar-refractivity contribution in [2.24, 2.45) is 0 Å². The first kappa shape index (κ1) is 15.5. The summed E-state index contributed by atoms with van der Waals surface area (Å²) in [4.78, 5) is 4.55. The summed E-state index contributed by atoms with van der Waals surface area (Å²) in [6.45, 7) is 8.23. The molecule has 0 fully saturated rings. The standard InChI is InChI=1S/C18H24N2O/c1-4-10-19-13-15-11-16(5-2)20-18(12-15)21-17-8-6-14(3)7-9-17/h6-9,11-12,19H,4-5,10,13H2,1-3H3. The molecule has 0 saturated carbocycles. The number of aromatic nitrogens is 1. The van der Waals surface area contributed by atoms with Crippen molar-refractivity contribution in [3.05, 3.63) is 53.2 Å². The quantitative estimate of drug-likeness (QED) is 0.772. The van der Waals surface area contributed by atoms with Gasteiger partial charge in [-0.15, -0.1) is 0 Å². The molecule has 3 nitrogen and oxygen atoms in total. The van der Waals surface area contributed by atoms with Crippen LogP contribution in [0.4, 0.5) is 0 Å². The minimum Gasteiger partial charge on any atom is -0.439 e. The lowest BCUT2D eigenvalue weighted by Gasteiger charge is -2.10. The van der Waals surface area contributed by atoms with Gasteiger partial charge in [0.25, 0.3) is 0 Å². The summed E-state index contributed by atoms with van der Waals surface area (Å²) < 4.78 is 5.88. The van der Waals surface area contributed by atoms with Crippen LogP contribution < -0.4 is 10.1 Å². The maximum atomic E-state index is 5.88. The molecule has 0 aliphatic rings. The lowest BCUT2D eigenvalue weighted by atomic mass is 10.2. The van der Waals surface area contributed by atoms with Crippen molar-refractivity contribution >= 4 is 0 Å². The maximum absolute atomic E-state index is 5.88. The van der Waals surface area contributed by atoms with Crippen molar-refractivity contribution in [3.8, 4) is 11.6 Å². The molecule has 1 aromatic carbocycles. The monoisotopic (exact) mass is 284 g/mol. The smallest absolute Gasteiger partial charge is 0.219 e. The fourth-order valence-electron chi connectivity index (χ4n) is 2.09. The topological polar surface area (TPSA) is 34.2 Å². The second-order valence-corrected chi connectivity index (χ2v) is 5.25. The normalized spacial score (nSPS) is 10.6. The number of aryl methyl sites for hydroxylation is 2. The number of nitrogens with zero attached hydrogens (tertiary/aromatic N) is 1. The fourth-order valence-corrected chi connectivity index (χ4v) is 2.09. The number of pyridine rings is 1. The SMILES string of the molecule is CCCNCc1cc(CC)nc(Oc2ccc(C)cc2)c1. The molecule has 0 atom stereocenters. The molecule has 1 aromatic heterocycles. The van der Waals surface area contributed by atoms with Crippen LogP contribution in [0.1, 0.15) is 37.1 Å². The highest BCUT2D eigenvalue weighted by molar-refractivity contribution is 5.32. The summed E-state index contributed by atoms with van der Waals surface area (Å²) in [5.74, 6) is 1.50. The molecule has 3 heteroatoms. The summed E-state index contributed by atoms with van der Waals surface area (Å²) in [5, 5.41) is 3.42. The summed E-state index contributed by atoms with van der Waals surface area (Å²) in [6, 6.07) is 12.2. The van der Waals surface area contributed by atoms with Gasteiger partial charge in [0.2, 0.25) is 5.88 Å². The third-order valence-electron chi connectivity index (χ3n) is 3.28. The van der Waals surface area contributed by atoms with Crippen LogP contribution in [0, 0.1) is 6.92 Å². The van der Waals surface area contributed by atoms with Crippen molar-refractivity contribution in [2.75, 3.05) is 6.54 Å². The molecule has 2 aromatic rings. The summed E-state index contributed by atoms with van der Waals surface area (Å²) in [5.41, 5.74) is 3.51. The number of hydrogen-bond acceptors (Lipinski definition) is 3. The first-order chi connectivity index (χ1) is 10.2. The molecular formula is C18H24N2O. The second-order valence-electron chi connectivity index (χ2n) is 5.25. The van der Waals surface area contributed by atoms with Crippen LogP contribution in [-0.2, 0) is 13.0 Å². The van der Waals surface area contributed by atoms with Crippen molar-refractivity contribution in [1.29, 1.82) is 0 Å². The Morgan fingerprint density at radius 2 is 1.86 bits per heavy atom. The van der Waals surface area contributed by atoms with Gasteiger partial charge in [-0.25, -0.2) is 4.98 Å². The molecule has 2 rings (SSSR count). The van der Waals surface area contributed by atoms with Crippen molar-refractivity contribution in [2.45, 2.75) is 40.2 Å². The van der Waals surface area contributed by atoms with Gasteiger partial charge in [-0.05, 0) is 50.1 Å². The van der Waals surface area contributed by atoms with E-state index < -0.39 is 0 Å². The van der Waals surface area contributed by atoms with Crippen LogP contribution >= 0.6 is 0 Å². The summed E-state index contributed by atoms with van der Waals surface area (Å²) in [7, 11) is 0. The Kier molecular flexibility index (Phi) is 5.76. The Labute approximate surface area is 127 Å². The second kappa shape index (κ2) is 7.79. The average Bonchev–Trinajstić information content (AvgIpc) is 2.50. The van der Waals surface area contributed by atoms with E-state index in [9.17, 15) is 0 Å². The Hall–Kier alpha value is -1.87. The average molecular weight is 284 g/mol. The van der Waals surface area contributed by atoms with Crippen LogP contribution in [0.5, 0.6) is 11.6 Å². The first-order valence-corrected chi connectivity index (χ1v) is 7.66. The number of rotatable bonds is 7. The minimum atomic E-state index is 0.673. The van der Waals surface area contributed by atoms with Gasteiger partial charge in [0, 0.05) is 18.3 Å². The molecule has 0 saturated heterocycles. The molecule has 0 aliphatic carbocycles. The van der Waals surface area contributed by atoms with E-state index in [0.29, 0.717) is 5.88 Å². The van der Waals surface area contributed by atoms with Gasteiger partial charge in [-0.2, -0.15) is 0 Å². The molecule has 0 amide bonds. The van der Waals surface area contributed by atoms with Gasteiger partial charge in [0.05, 0.1) is 0 Å². The first-order valence-electron chi connectivity index (χ1n) is 7.66. The van der Waals surface area contributed by atoms with Gasteiger partial charge in [0.15, 0.2) is 0 Å². The van der Waals surface area contributed by atoms with Gasteiger partial charge in [-0.1, -0.05) is 31.5 Å². The van der Waals surface area contributed by atoms with E-state index >= 15 is 0 Å². The fraction of sp³-hybridized carbons (Fsp3) is 0.389. The highest BCUT2D eigenvalue weighted by atomic mass is 16.5. The van der Waals surface area contributed by atoms with Crippen LogP contribution in [-0.4, -0.2) is 11.5 Å². The Balaban J connectivity index is 2.13. The van der Waals surface area contributed by atoms with Crippen molar-refractivity contribution < 1.29 is 4.74 Å². The largest absolute Gasteiger partial charge is 0.439 e. The van der Waals surface area contributed by atoms with Crippen LogP contribution in [0.3, 0.4) is 0 Å². The van der Waals surface area contributed by atoms with Gasteiger partial charge >= 0.3 is 0 Å². The third kappa shape index (κ3) is 4.87.